The Morgan fingerprint density at radius 3 is 1.39 bits per heavy atom. The Labute approximate surface area is 199 Å². The zero-order valence-corrected chi connectivity index (χ0v) is 21.7. The molecule has 1 saturated carbocycles. The van der Waals surface area contributed by atoms with Gasteiger partial charge in [-0.2, -0.15) is 0 Å². The summed E-state index contributed by atoms with van der Waals surface area (Å²) in [6.07, 6.45) is 6.21. The molecule has 2 heteroatoms. The summed E-state index contributed by atoms with van der Waals surface area (Å²) in [6.45, 7) is 9.74. The van der Waals surface area contributed by atoms with Gasteiger partial charge in [0.15, 0.2) is 0 Å². The zero-order chi connectivity index (χ0) is 21.2. The summed E-state index contributed by atoms with van der Waals surface area (Å²) in [5.41, 5.74) is 1.84. The van der Waals surface area contributed by atoms with E-state index >= 15 is 0 Å². The molecule has 1 fully saturated rings. The second-order valence-corrected chi connectivity index (χ2v) is 13.3. The van der Waals surface area contributed by atoms with Gasteiger partial charge in [-0.25, -0.2) is 0 Å². The highest BCUT2D eigenvalue weighted by molar-refractivity contribution is 7.97. The third kappa shape index (κ3) is 3.85. The van der Waals surface area contributed by atoms with Crippen molar-refractivity contribution in [2.24, 2.45) is 5.41 Å². The molecular weight excluding hydrogens is 459 g/mol. The molecule has 4 rings (SSSR count). The fourth-order valence-electron chi connectivity index (χ4n) is 6.18. The molecule has 1 aliphatic rings. The molecule has 0 N–H and O–H groups in total. The first kappa shape index (κ1) is 24.0. The zero-order valence-electron chi connectivity index (χ0n) is 19.2. The van der Waals surface area contributed by atoms with E-state index in [0.717, 1.165) is 0 Å². The van der Waals surface area contributed by atoms with Crippen LogP contribution in [0.4, 0.5) is 0 Å². The van der Waals surface area contributed by atoms with Gasteiger partial charge in [0.1, 0.15) is 28.3 Å². The Kier molecular flexibility index (Phi) is 7.29. The van der Waals surface area contributed by atoms with Crippen molar-refractivity contribution in [3.05, 3.63) is 103 Å². The summed E-state index contributed by atoms with van der Waals surface area (Å²) >= 11 is 0. The van der Waals surface area contributed by atoms with Crippen LogP contribution in [0.25, 0.3) is 0 Å². The summed E-state index contributed by atoms with van der Waals surface area (Å²) < 4.78 is 0. The molecule has 0 aliphatic heterocycles. The fourth-order valence-corrected chi connectivity index (χ4v) is 11.9. The second kappa shape index (κ2) is 9.43. The third-order valence-corrected chi connectivity index (χ3v) is 12.4. The molecule has 0 aromatic heterocycles. The van der Waals surface area contributed by atoms with Crippen molar-refractivity contribution >= 4 is 23.2 Å². The largest absolute Gasteiger partial charge is 1.00 e. The predicted octanol–water partition coefficient (Wildman–Crippen LogP) is 3.90. The maximum Gasteiger partial charge on any atom is 0.121 e. The minimum Gasteiger partial charge on any atom is -1.00 e. The van der Waals surface area contributed by atoms with Gasteiger partial charge < -0.3 is 17.0 Å². The average molecular weight is 493 g/mol. The lowest BCUT2D eigenvalue weighted by Crippen LogP contribution is -3.00. The van der Waals surface area contributed by atoms with E-state index in [-0.39, 0.29) is 27.6 Å². The molecule has 31 heavy (non-hydrogen) atoms. The van der Waals surface area contributed by atoms with Gasteiger partial charge >= 0.3 is 0 Å². The smallest absolute Gasteiger partial charge is 0.121 e. The molecule has 0 heterocycles. The van der Waals surface area contributed by atoms with E-state index in [2.05, 4.69) is 125 Å². The van der Waals surface area contributed by atoms with Gasteiger partial charge in [0.25, 0.3) is 0 Å². The molecule has 0 radical (unpaired) electrons. The first-order valence-electron chi connectivity index (χ1n) is 11.2. The maximum atomic E-state index is 2.57. The summed E-state index contributed by atoms with van der Waals surface area (Å²) in [7, 11) is -1.96. The van der Waals surface area contributed by atoms with E-state index in [9.17, 15) is 0 Å². The number of hydrogen-bond donors (Lipinski definition) is 0. The Morgan fingerprint density at radius 2 is 1.03 bits per heavy atom. The number of benzene rings is 3. The number of hydrogen-bond acceptors (Lipinski definition) is 0. The first-order chi connectivity index (χ1) is 14.5. The maximum absolute atomic E-state index is 2.57. The minimum absolute atomic E-state index is 0. The summed E-state index contributed by atoms with van der Waals surface area (Å²) in [6, 6.07) is 34.1. The lowest BCUT2D eigenvalue weighted by Gasteiger charge is -2.51. The fraction of sp³-hybridized carbons (Fsp3) is 0.310. The highest BCUT2D eigenvalue weighted by Crippen LogP contribution is 2.73. The van der Waals surface area contributed by atoms with Gasteiger partial charge in [-0.05, 0) is 80.5 Å². The number of allylic oxidation sites excluding steroid dienone is 2. The van der Waals surface area contributed by atoms with Crippen molar-refractivity contribution in [2.45, 2.75) is 52.1 Å². The highest BCUT2D eigenvalue weighted by Gasteiger charge is 2.64. The second-order valence-electron chi connectivity index (χ2n) is 9.39. The van der Waals surface area contributed by atoms with Gasteiger partial charge in [0, 0.05) is 0 Å². The molecule has 1 unspecified atom stereocenters. The van der Waals surface area contributed by atoms with Crippen LogP contribution in [0.3, 0.4) is 0 Å². The Bertz CT molecular complexity index is 912. The molecular formula is C29H34BrP. The Balaban J connectivity index is 0.00000272. The minimum atomic E-state index is -1.96. The lowest BCUT2D eigenvalue weighted by molar-refractivity contribution is -0.00000657. The Hall–Kier alpha value is -1.69. The van der Waals surface area contributed by atoms with Gasteiger partial charge in [0.2, 0.25) is 0 Å². The van der Waals surface area contributed by atoms with Crippen molar-refractivity contribution in [1.82, 2.24) is 0 Å². The van der Waals surface area contributed by atoms with Crippen LogP contribution in [0.1, 0.15) is 47.0 Å². The van der Waals surface area contributed by atoms with Crippen molar-refractivity contribution in [2.75, 3.05) is 0 Å². The van der Waals surface area contributed by atoms with E-state index in [1.165, 1.54) is 35.2 Å². The molecule has 0 bridgehead atoms. The van der Waals surface area contributed by atoms with E-state index in [4.69, 9.17) is 0 Å². The predicted molar refractivity (Wildman–Crippen MR) is 135 cm³/mol. The van der Waals surface area contributed by atoms with Crippen LogP contribution in [0.15, 0.2) is 103 Å². The standard InChI is InChI=1S/C29H34P.BrH/c1-5-27-28(2,3)22-15-23-29(27,4)30(24-16-9-6-10-17-24,25-18-11-7-12-19-25)26-20-13-8-14-21-26;/h5-14,16-21H,15,22-23H2,1-4H3;1H/q+1;/p-1/b27-5+;. The number of rotatable bonds is 4. The molecule has 0 nitrogen and oxygen atoms in total. The molecule has 0 saturated heterocycles. The van der Waals surface area contributed by atoms with E-state index < -0.39 is 7.26 Å². The summed E-state index contributed by atoms with van der Waals surface area (Å²) in [5, 5.41) is 4.54. The average Bonchev–Trinajstić information content (AvgIpc) is 2.76. The molecule has 1 aliphatic carbocycles. The van der Waals surface area contributed by atoms with E-state index in [1.807, 2.05) is 0 Å². The SMILES string of the molecule is C/C=C1\C(C)(C)CCCC1(C)[P+](c1ccccc1)(c1ccccc1)c1ccccc1.[Br-]. The van der Waals surface area contributed by atoms with Crippen LogP contribution in [0.5, 0.6) is 0 Å². The highest BCUT2D eigenvalue weighted by atomic mass is 79.9. The third-order valence-electron chi connectivity index (χ3n) is 7.23. The van der Waals surface area contributed by atoms with Crippen LogP contribution in [-0.4, -0.2) is 5.16 Å². The molecule has 3 aromatic rings. The van der Waals surface area contributed by atoms with Crippen LogP contribution in [0.2, 0.25) is 0 Å². The molecule has 3 aromatic carbocycles. The quantitative estimate of drug-likeness (QED) is 0.382. The van der Waals surface area contributed by atoms with Crippen molar-refractivity contribution in [3.63, 3.8) is 0 Å². The van der Waals surface area contributed by atoms with Crippen molar-refractivity contribution < 1.29 is 17.0 Å². The molecule has 162 valence electrons. The Morgan fingerprint density at radius 1 is 0.645 bits per heavy atom. The number of halogens is 1. The monoisotopic (exact) mass is 492 g/mol. The summed E-state index contributed by atoms with van der Waals surface area (Å²) in [4.78, 5) is 0. The molecule has 0 amide bonds. The first-order valence-corrected chi connectivity index (χ1v) is 13.0. The van der Waals surface area contributed by atoms with Crippen LogP contribution in [-0.2, 0) is 0 Å². The topological polar surface area (TPSA) is 0 Å². The van der Waals surface area contributed by atoms with Crippen LogP contribution < -0.4 is 32.9 Å². The van der Waals surface area contributed by atoms with Crippen LogP contribution >= 0.6 is 7.26 Å². The van der Waals surface area contributed by atoms with E-state index in [0.29, 0.717) is 0 Å². The van der Waals surface area contributed by atoms with Crippen LogP contribution in [0, 0.1) is 5.41 Å². The van der Waals surface area contributed by atoms with Gasteiger partial charge in [-0.1, -0.05) is 74.5 Å². The van der Waals surface area contributed by atoms with Gasteiger partial charge in [-0.3, -0.25) is 0 Å². The van der Waals surface area contributed by atoms with E-state index in [1.54, 1.807) is 5.57 Å². The van der Waals surface area contributed by atoms with Crippen molar-refractivity contribution in [1.29, 1.82) is 0 Å². The summed E-state index contributed by atoms with van der Waals surface area (Å²) in [5.74, 6) is 0. The molecule has 1 atom stereocenters. The normalized spacial score (nSPS) is 22.0. The lowest BCUT2D eigenvalue weighted by atomic mass is 9.68. The van der Waals surface area contributed by atoms with Crippen molar-refractivity contribution in [3.8, 4) is 0 Å². The molecule has 0 spiro atoms. The van der Waals surface area contributed by atoms with Gasteiger partial charge in [-0.15, -0.1) is 0 Å². The van der Waals surface area contributed by atoms with Gasteiger partial charge in [0.05, 0.1) is 0 Å².